The fourth-order valence-electron chi connectivity index (χ4n) is 3.47. The van der Waals surface area contributed by atoms with Gasteiger partial charge in [-0.05, 0) is 50.9 Å². The van der Waals surface area contributed by atoms with Crippen molar-refractivity contribution in [3.05, 3.63) is 46.8 Å². The number of benzene rings is 1. The first kappa shape index (κ1) is 20.8. The lowest BCUT2D eigenvalue weighted by Crippen LogP contribution is -2.25. The number of carbonyl (C=O) groups excluding carboxylic acids is 2. The third-order valence-corrected chi connectivity index (χ3v) is 4.95. The van der Waals surface area contributed by atoms with Crippen molar-refractivity contribution in [2.24, 2.45) is 11.5 Å². The molecule has 0 saturated carbocycles. The SMILES string of the molecule is NCCCCNc1ccc(NCCCCN)c2c1C(=O)c1cncc(O)c1C2=O. The van der Waals surface area contributed by atoms with Gasteiger partial charge in [0.2, 0.25) is 5.78 Å². The molecule has 0 atom stereocenters. The molecule has 0 unspecified atom stereocenters. The fourth-order valence-corrected chi connectivity index (χ4v) is 3.47. The van der Waals surface area contributed by atoms with E-state index in [1.807, 2.05) is 0 Å². The predicted octanol–water partition coefficient (Wildman–Crippen LogP) is 1.86. The van der Waals surface area contributed by atoms with Crippen LogP contribution >= 0.6 is 0 Å². The number of ketones is 2. The Morgan fingerprint density at radius 2 is 1.34 bits per heavy atom. The third kappa shape index (κ3) is 4.23. The van der Waals surface area contributed by atoms with Gasteiger partial charge in [0.15, 0.2) is 5.78 Å². The minimum absolute atomic E-state index is 0.00258. The number of nitrogens with one attached hydrogen (secondary N) is 2. The van der Waals surface area contributed by atoms with Crippen molar-refractivity contribution in [1.82, 2.24) is 4.98 Å². The van der Waals surface area contributed by atoms with Crippen LogP contribution in [0.3, 0.4) is 0 Å². The van der Waals surface area contributed by atoms with E-state index in [1.54, 1.807) is 12.1 Å². The van der Waals surface area contributed by atoms with E-state index in [1.165, 1.54) is 12.4 Å². The summed E-state index contributed by atoms with van der Waals surface area (Å²) in [6.07, 6.45) is 5.93. The standard InChI is InChI=1S/C21H27N5O3/c22-7-1-3-9-25-14-5-6-15(26-10-4-2-8-23)19-18(14)20(28)13-11-24-12-16(27)17(13)21(19)29/h5-6,11-12,25-27H,1-4,7-10,22-23H2. The first-order valence-electron chi connectivity index (χ1n) is 9.91. The Morgan fingerprint density at radius 1 is 0.793 bits per heavy atom. The number of nitrogens with two attached hydrogens (primary N) is 2. The molecule has 0 aliphatic heterocycles. The highest BCUT2D eigenvalue weighted by molar-refractivity contribution is 6.32. The van der Waals surface area contributed by atoms with Crippen LogP contribution in [0.5, 0.6) is 5.75 Å². The number of unbranched alkanes of at least 4 members (excludes halogenated alkanes) is 2. The van der Waals surface area contributed by atoms with Crippen molar-refractivity contribution in [3.63, 3.8) is 0 Å². The normalized spacial score (nSPS) is 12.5. The second-order valence-electron chi connectivity index (χ2n) is 7.00. The first-order valence-corrected chi connectivity index (χ1v) is 9.91. The molecule has 29 heavy (non-hydrogen) atoms. The van der Waals surface area contributed by atoms with Crippen molar-refractivity contribution in [1.29, 1.82) is 0 Å². The summed E-state index contributed by atoms with van der Waals surface area (Å²) >= 11 is 0. The molecule has 0 amide bonds. The Bertz CT molecular complexity index is 913. The Morgan fingerprint density at radius 3 is 1.90 bits per heavy atom. The summed E-state index contributed by atoms with van der Waals surface area (Å²) in [5, 5.41) is 16.7. The monoisotopic (exact) mass is 397 g/mol. The molecule has 2 aromatic rings. The second-order valence-corrected chi connectivity index (χ2v) is 7.00. The summed E-state index contributed by atoms with van der Waals surface area (Å²) < 4.78 is 0. The molecule has 8 nitrogen and oxygen atoms in total. The number of aromatic nitrogens is 1. The molecule has 0 radical (unpaired) electrons. The number of hydrogen-bond donors (Lipinski definition) is 5. The smallest absolute Gasteiger partial charge is 0.200 e. The molecule has 1 heterocycles. The summed E-state index contributed by atoms with van der Waals surface area (Å²) in [6.45, 7) is 2.46. The van der Waals surface area contributed by atoms with Crippen molar-refractivity contribution < 1.29 is 14.7 Å². The molecule has 1 aliphatic rings. The number of hydrogen-bond acceptors (Lipinski definition) is 8. The molecule has 1 aromatic heterocycles. The van der Waals surface area contributed by atoms with Gasteiger partial charge in [-0.15, -0.1) is 0 Å². The fraction of sp³-hybridized carbons (Fsp3) is 0.381. The summed E-state index contributed by atoms with van der Waals surface area (Å²) in [5.41, 5.74) is 13.0. The zero-order valence-corrected chi connectivity index (χ0v) is 16.3. The summed E-state index contributed by atoms with van der Waals surface area (Å²) in [7, 11) is 0. The van der Waals surface area contributed by atoms with Crippen LogP contribution in [0.1, 0.15) is 57.5 Å². The Balaban J connectivity index is 2.01. The van der Waals surface area contributed by atoms with E-state index in [0.29, 0.717) is 43.1 Å². The van der Waals surface area contributed by atoms with Crippen LogP contribution in [0.25, 0.3) is 0 Å². The number of aromatic hydroxyl groups is 1. The van der Waals surface area contributed by atoms with Crippen LogP contribution in [0.4, 0.5) is 11.4 Å². The molecule has 154 valence electrons. The number of nitrogens with zero attached hydrogens (tertiary/aromatic N) is 1. The van der Waals surface area contributed by atoms with Crippen LogP contribution < -0.4 is 22.1 Å². The van der Waals surface area contributed by atoms with Gasteiger partial charge in [0.05, 0.1) is 28.5 Å². The Kier molecular flexibility index (Phi) is 6.79. The average Bonchev–Trinajstić information content (AvgIpc) is 2.72. The van der Waals surface area contributed by atoms with E-state index in [-0.39, 0.29) is 34.0 Å². The van der Waals surface area contributed by atoms with E-state index in [2.05, 4.69) is 15.6 Å². The molecule has 0 fully saturated rings. The Labute approximate surface area is 169 Å². The van der Waals surface area contributed by atoms with E-state index < -0.39 is 0 Å². The highest BCUT2D eigenvalue weighted by Crippen LogP contribution is 2.38. The average molecular weight is 397 g/mol. The van der Waals surface area contributed by atoms with Crippen molar-refractivity contribution in [3.8, 4) is 5.75 Å². The maximum Gasteiger partial charge on any atom is 0.200 e. The zero-order chi connectivity index (χ0) is 20.8. The molecular formula is C21H27N5O3. The molecule has 8 heteroatoms. The molecule has 7 N–H and O–H groups in total. The van der Waals surface area contributed by atoms with E-state index in [4.69, 9.17) is 11.5 Å². The minimum atomic E-state index is -0.388. The predicted molar refractivity (Wildman–Crippen MR) is 113 cm³/mol. The number of anilines is 2. The topological polar surface area (TPSA) is 143 Å². The Hall–Kier alpha value is -2.97. The summed E-state index contributed by atoms with van der Waals surface area (Å²) in [6, 6.07) is 3.60. The van der Waals surface area contributed by atoms with Crippen LogP contribution in [0.15, 0.2) is 24.5 Å². The van der Waals surface area contributed by atoms with E-state index >= 15 is 0 Å². The largest absolute Gasteiger partial charge is 0.506 e. The van der Waals surface area contributed by atoms with Crippen molar-refractivity contribution in [2.75, 3.05) is 36.8 Å². The lowest BCUT2D eigenvalue weighted by atomic mass is 9.82. The van der Waals surface area contributed by atoms with Gasteiger partial charge in [-0.2, -0.15) is 0 Å². The van der Waals surface area contributed by atoms with Gasteiger partial charge in [0, 0.05) is 30.7 Å². The number of fused-ring (bicyclic) bond motifs is 2. The molecular weight excluding hydrogens is 370 g/mol. The van der Waals surface area contributed by atoms with Gasteiger partial charge in [-0.3, -0.25) is 14.6 Å². The van der Waals surface area contributed by atoms with Crippen LogP contribution in [-0.2, 0) is 0 Å². The maximum absolute atomic E-state index is 13.3. The lowest BCUT2D eigenvalue weighted by molar-refractivity contribution is 0.0977. The second kappa shape index (κ2) is 9.49. The minimum Gasteiger partial charge on any atom is -0.506 e. The number of carbonyl (C=O) groups is 2. The maximum atomic E-state index is 13.3. The van der Waals surface area contributed by atoms with Gasteiger partial charge in [0.25, 0.3) is 0 Å². The van der Waals surface area contributed by atoms with Gasteiger partial charge in [-0.1, -0.05) is 0 Å². The molecule has 1 aromatic carbocycles. The third-order valence-electron chi connectivity index (χ3n) is 4.95. The molecule has 0 bridgehead atoms. The highest BCUT2D eigenvalue weighted by Gasteiger charge is 2.36. The quantitative estimate of drug-likeness (QED) is 0.326. The molecule has 0 saturated heterocycles. The zero-order valence-electron chi connectivity index (χ0n) is 16.3. The lowest BCUT2D eigenvalue weighted by Gasteiger charge is -2.24. The number of rotatable bonds is 10. The molecule has 3 rings (SSSR count). The van der Waals surface area contributed by atoms with Crippen LogP contribution in [0.2, 0.25) is 0 Å². The van der Waals surface area contributed by atoms with Crippen LogP contribution in [-0.4, -0.2) is 47.8 Å². The van der Waals surface area contributed by atoms with Gasteiger partial charge < -0.3 is 27.2 Å². The highest BCUT2D eigenvalue weighted by atomic mass is 16.3. The first-order chi connectivity index (χ1) is 14.1. The van der Waals surface area contributed by atoms with E-state index in [0.717, 1.165) is 25.7 Å². The molecule has 0 spiro atoms. The van der Waals surface area contributed by atoms with Crippen LogP contribution in [0, 0.1) is 0 Å². The van der Waals surface area contributed by atoms with Gasteiger partial charge in [0.1, 0.15) is 5.75 Å². The van der Waals surface area contributed by atoms with Crippen molar-refractivity contribution >= 4 is 22.9 Å². The number of pyridine rings is 1. The van der Waals surface area contributed by atoms with Crippen molar-refractivity contribution in [2.45, 2.75) is 25.7 Å². The van der Waals surface area contributed by atoms with Gasteiger partial charge in [-0.25, -0.2) is 0 Å². The van der Waals surface area contributed by atoms with Gasteiger partial charge >= 0.3 is 0 Å². The summed E-state index contributed by atoms with van der Waals surface area (Å²) in [4.78, 5) is 30.4. The molecule has 1 aliphatic carbocycles. The summed E-state index contributed by atoms with van der Waals surface area (Å²) in [5.74, 6) is -1.01. The van der Waals surface area contributed by atoms with E-state index in [9.17, 15) is 14.7 Å².